The number of hydrogen-bond donors (Lipinski definition) is 2. The van der Waals surface area contributed by atoms with E-state index in [-0.39, 0.29) is 5.56 Å². The van der Waals surface area contributed by atoms with Crippen LogP contribution in [-0.4, -0.2) is 25.7 Å². The summed E-state index contributed by atoms with van der Waals surface area (Å²) in [7, 11) is 0. The predicted octanol–water partition coefficient (Wildman–Crippen LogP) is 3.56. The summed E-state index contributed by atoms with van der Waals surface area (Å²) in [6, 6.07) is 20.5. The molecule has 0 saturated heterocycles. The highest BCUT2D eigenvalue weighted by molar-refractivity contribution is 7.99. The zero-order chi connectivity index (χ0) is 20.8. The van der Waals surface area contributed by atoms with Crippen LogP contribution >= 0.6 is 24.0 Å². The van der Waals surface area contributed by atoms with Gasteiger partial charge >= 0.3 is 0 Å². The summed E-state index contributed by atoms with van der Waals surface area (Å²) in [6.45, 7) is 0. The quantitative estimate of drug-likeness (QED) is 0.216. The maximum absolute atomic E-state index is 13.0. The summed E-state index contributed by atoms with van der Waals surface area (Å²) >= 11 is 6.55. The molecule has 4 aromatic rings. The Bertz CT molecular complexity index is 1260. The van der Waals surface area contributed by atoms with E-state index >= 15 is 0 Å². The number of nitrogens with one attached hydrogen (secondary N) is 2. The summed E-state index contributed by atoms with van der Waals surface area (Å²) in [4.78, 5) is 21.9. The van der Waals surface area contributed by atoms with Gasteiger partial charge in [-0.25, -0.2) is 9.97 Å². The number of aromatic nitrogens is 3. The van der Waals surface area contributed by atoms with Crippen molar-refractivity contribution in [1.29, 1.82) is 0 Å². The lowest BCUT2D eigenvalue weighted by Crippen LogP contribution is -2.25. The van der Waals surface area contributed by atoms with Gasteiger partial charge in [0, 0.05) is 18.1 Å². The first-order valence-electron chi connectivity index (χ1n) is 8.96. The van der Waals surface area contributed by atoms with Gasteiger partial charge in [0.05, 0.1) is 11.8 Å². The van der Waals surface area contributed by atoms with Crippen LogP contribution in [0.4, 0.5) is 5.69 Å². The normalized spacial score (nSPS) is 10.9. The molecule has 1 aromatic carbocycles. The van der Waals surface area contributed by atoms with Gasteiger partial charge < -0.3 is 5.32 Å². The third kappa shape index (κ3) is 4.70. The molecule has 148 valence electrons. The minimum atomic E-state index is -0.230. The minimum absolute atomic E-state index is 0.230. The maximum Gasteiger partial charge on any atom is 0.267 e. The smallest absolute Gasteiger partial charge is 0.267 e. The van der Waals surface area contributed by atoms with Gasteiger partial charge in [-0.15, -0.1) is 0 Å². The topological polar surface area (TPSA) is 83.7 Å². The third-order valence-electron chi connectivity index (χ3n) is 3.96. The fraction of sp³-hybridized carbons (Fsp3) is 0. The van der Waals surface area contributed by atoms with E-state index in [9.17, 15) is 4.79 Å². The molecule has 0 aliphatic carbocycles. The maximum atomic E-state index is 13.0. The predicted molar refractivity (Wildman–Crippen MR) is 123 cm³/mol. The van der Waals surface area contributed by atoms with Gasteiger partial charge in [-0.1, -0.05) is 30.3 Å². The van der Waals surface area contributed by atoms with Crippen molar-refractivity contribution >= 4 is 46.6 Å². The Hall–Kier alpha value is -3.56. The van der Waals surface area contributed by atoms with Gasteiger partial charge in [-0.3, -0.25) is 14.6 Å². The number of pyridine rings is 2. The molecule has 0 spiro atoms. The molecule has 0 aliphatic rings. The second-order valence-electron chi connectivity index (χ2n) is 6.02. The first-order chi connectivity index (χ1) is 14.7. The van der Waals surface area contributed by atoms with Gasteiger partial charge in [0.2, 0.25) is 0 Å². The van der Waals surface area contributed by atoms with Crippen molar-refractivity contribution in [3.63, 3.8) is 0 Å². The number of para-hydroxylation sites is 1. The molecule has 3 heterocycles. The highest BCUT2D eigenvalue weighted by Crippen LogP contribution is 2.25. The fourth-order valence-electron chi connectivity index (χ4n) is 2.61. The molecular formula is C21H16N6OS2. The van der Waals surface area contributed by atoms with Crippen molar-refractivity contribution in [3.05, 3.63) is 95.0 Å². The zero-order valence-corrected chi connectivity index (χ0v) is 17.2. The van der Waals surface area contributed by atoms with Crippen molar-refractivity contribution in [2.24, 2.45) is 5.10 Å². The number of nitrogens with zero attached hydrogens (tertiary/aromatic N) is 4. The Morgan fingerprint density at radius 2 is 1.87 bits per heavy atom. The van der Waals surface area contributed by atoms with E-state index in [2.05, 4.69) is 25.8 Å². The average molecular weight is 433 g/mol. The van der Waals surface area contributed by atoms with Crippen LogP contribution in [0.25, 0.3) is 5.65 Å². The number of fused-ring (bicyclic) bond motifs is 1. The molecule has 0 bridgehead atoms. The van der Waals surface area contributed by atoms with Gasteiger partial charge in [0.15, 0.2) is 5.11 Å². The Morgan fingerprint density at radius 1 is 1.07 bits per heavy atom. The summed E-state index contributed by atoms with van der Waals surface area (Å²) in [5.74, 6) is 0. The van der Waals surface area contributed by atoms with E-state index in [0.717, 1.165) is 10.7 Å². The molecule has 0 aliphatic heterocycles. The number of anilines is 1. The van der Waals surface area contributed by atoms with Crippen LogP contribution in [0.5, 0.6) is 0 Å². The lowest BCUT2D eigenvalue weighted by molar-refractivity contribution is 0.967. The number of rotatable bonds is 5. The van der Waals surface area contributed by atoms with Crippen LogP contribution in [0.15, 0.2) is 99.1 Å². The van der Waals surface area contributed by atoms with Crippen molar-refractivity contribution in [2.75, 3.05) is 5.32 Å². The van der Waals surface area contributed by atoms with E-state index in [1.54, 1.807) is 24.5 Å². The molecule has 0 unspecified atom stereocenters. The zero-order valence-electron chi connectivity index (χ0n) is 15.6. The standard InChI is InChI=1S/C21H16N6OS2/c28-20-16(14-23-26-21(29)24-15-8-2-1-3-9-15)19(30-18-11-4-6-12-22-18)25-17-10-5-7-13-27(17)20/h1-14H,(H2,24,26,29)/b23-14+. The molecule has 7 nitrogen and oxygen atoms in total. The van der Waals surface area contributed by atoms with Crippen LogP contribution in [0.2, 0.25) is 0 Å². The molecule has 2 N–H and O–H groups in total. The van der Waals surface area contributed by atoms with Gasteiger partial charge in [-0.05, 0) is 60.4 Å². The summed E-state index contributed by atoms with van der Waals surface area (Å²) in [6.07, 6.45) is 4.80. The Morgan fingerprint density at radius 3 is 2.67 bits per heavy atom. The van der Waals surface area contributed by atoms with Gasteiger partial charge in [0.1, 0.15) is 15.7 Å². The number of hydrazone groups is 1. The second kappa shape index (κ2) is 9.29. The summed E-state index contributed by atoms with van der Waals surface area (Å²) in [5, 5.41) is 8.71. The minimum Gasteiger partial charge on any atom is -0.331 e. The molecule has 0 saturated carbocycles. The van der Waals surface area contributed by atoms with Crippen molar-refractivity contribution in [2.45, 2.75) is 10.1 Å². The molecular weight excluding hydrogens is 416 g/mol. The SMILES string of the molecule is O=c1c(/C=N/NC(=S)Nc2ccccc2)c(Sc2ccccn2)nc2ccccn12. The summed E-state index contributed by atoms with van der Waals surface area (Å²) in [5.41, 5.74) is 4.23. The van der Waals surface area contributed by atoms with Crippen molar-refractivity contribution in [3.8, 4) is 0 Å². The first kappa shape index (κ1) is 19.7. The monoisotopic (exact) mass is 432 g/mol. The van der Waals surface area contributed by atoms with E-state index in [1.165, 1.54) is 22.4 Å². The van der Waals surface area contributed by atoms with Crippen LogP contribution < -0.4 is 16.3 Å². The Labute approximate surface area is 181 Å². The highest BCUT2D eigenvalue weighted by atomic mass is 32.2. The molecule has 9 heteroatoms. The molecule has 4 rings (SSSR count). The average Bonchev–Trinajstić information content (AvgIpc) is 2.77. The largest absolute Gasteiger partial charge is 0.331 e. The highest BCUT2D eigenvalue weighted by Gasteiger charge is 2.13. The first-order valence-corrected chi connectivity index (χ1v) is 10.2. The van der Waals surface area contributed by atoms with Crippen molar-refractivity contribution < 1.29 is 0 Å². The number of benzene rings is 1. The van der Waals surface area contributed by atoms with Crippen LogP contribution in [0.1, 0.15) is 5.56 Å². The van der Waals surface area contributed by atoms with Crippen LogP contribution in [-0.2, 0) is 0 Å². The van der Waals surface area contributed by atoms with Gasteiger partial charge in [-0.2, -0.15) is 5.10 Å². The van der Waals surface area contributed by atoms with Gasteiger partial charge in [0.25, 0.3) is 5.56 Å². The fourth-order valence-corrected chi connectivity index (χ4v) is 3.63. The molecule has 0 fully saturated rings. The number of hydrogen-bond acceptors (Lipinski definition) is 6. The van der Waals surface area contributed by atoms with Crippen molar-refractivity contribution in [1.82, 2.24) is 19.8 Å². The lowest BCUT2D eigenvalue weighted by atomic mass is 10.3. The van der Waals surface area contributed by atoms with E-state index in [0.29, 0.717) is 21.3 Å². The van der Waals surface area contributed by atoms with Crippen LogP contribution in [0.3, 0.4) is 0 Å². The molecule has 0 amide bonds. The third-order valence-corrected chi connectivity index (χ3v) is 5.11. The number of thiocarbonyl (C=S) groups is 1. The van der Waals surface area contributed by atoms with E-state index < -0.39 is 0 Å². The molecule has 3 aromatic heterocycles. The second-order valence-corrected chi connectivity index (χ2v) is 7.44. The molecule has 0 radical (unpaired) electrons. The molecule has 0 atom stereocenters. The Kier molecular flexibility index (Phi) is 6.11. The Balaban J connectivity index is 1.62. The summed E-state index contributed by atoms with van der Waals surface area (Å²) < 4.78 is 1.48. The van der Waals surface area contributed by atoms with E-state index in [1.807, 2.05) is 54.6 Å². The lowest BCUT2D eigenvalue weighted by Gasteiger charge is -2.08. The van der Waals surface area contributed by atoms with Crippen LogP contribution in [0, 0.1) is 0 Å². The van der Waals surface area contributed by atoms with E-state index in [4.69, 9.17) is 12.2 Å². The molecule has 30 heavy (non-hydrogen) atoms.